The predicted molar refractivity (Wildman–Crippen MR) is 108 cm³/mol. The van der Waals surface area contributed by atoms with Crippen LogP contribution in [-0.2, 0) is 4.74 Å². The van der Waals surface area contributed by atoms with Gasteiger partial charge in [0, 0.05) is 18.7 Å². The Hall–Kier alpha value is -1.86. The lowest BCUT2D eigenvalue weighted by molar-refractivity contribution is -0.284. The lowest BCUT2D eigenvalue weighted by Gasteiger charge is -2.19. The number of halogens is 5. The second kappa shape index (κ2) is 13.4. The van der Waals surface area contributed by atoms with Gasteiger partial charge in [-0.15, -0.1) is 0 Å². The maximum atomic E-state index is 12.7. The molecular formula is C22H32F5NO2. The molecule has 0 radical (unpaired) electrons. The first kappa shape index (κ1) is 26.2. The van der Waals surface area contributed by atoms with Gasteiger partial charge in [0.15, 0.2) is 0 Å². The first-order valence-electron chi connectivity index (χ1n) is 10.6. The number of nitrogens with one attached hydrogen (secondary N) is 1. The van der Waals surface area contributed by atoms with Gasteiger partial charge in [-0.1, -0.05) is 44.9 Å². The molecule has 0 atom stereocenters. The number of carbonyl (C=O) groups excluding carboxylic acids is 1. The maximum absolute atomic E-state index is 12.7. The molecule has 0 unspecified atom stereocenters. The zero-order valence-corrected chi connectivity index (χ0v) is 17.5. The van der Waals surface area contributed by atoms with Crippen LogP contribution in [-0.4, -0.2) is 31.2 Å². The van der Waals surface area contributed by atoms with Crippen molar-refractivity contribution in [2.75, 3.05) is 18.5 Å². The molecule has 1 N–H and O–H groups in total. The SMILES string of the molecule is CCOC(=O)c1ccc(NCCCCCCCCCCCC(F)(F)C(F)(F)F)cc1. The summed E-state index contributed by atoms with van der Waals surface area (Å²) in [5, 5.41) is 3.30. The number of benzene rings is 1. The molecule has 8 heteroatoms. The second-order valence-corrected chi connectivity index (χ2v) is 7.36. The second-order valence-electron chi connectivity index (χ2n) is 7.36. The van der Waals surface area contributed by atoms with E-state index in [1.54, 1.807) is 19.1 Å². The summed E-state index contributed by atoms with van der Waals surface area (Å²) < 4.78 is 66.5. The first-order valence-corrected chi connectivity index (χ1v) is 10.6. The third-order valence-electron chi connectivity index (χ3n) is 4.81. The monoisotopic (exact) mass is 437 g/mol. The van der Waals surface area contributed by atoms with Gasteiger partial charge in [-0.2, -0.15) is 22.0 Å². The van der Waals surface area contributed by atoms with Gasteiger partial charge in [0.05, 0.1) is 12.2 Å². The molecule has 0 aliphatic carbocycles. The van der Waals surface area contributed by atoms with Crippen LogP contribution in [0.15, 0.2) is 24.3 Å². The number of anilines is 1. The van der Waals surface area contributed by atoms with Crippen LogP contribution < -0.4 is 5.32 Å². The van der Waals surface area contributed by atoms with Crippen LogP contribution in [0.3, 0.4) is 0 Å². The average Bonchev–Trinajstić information content (AvgIpc) is 2.68. The minimum absolute atomic E-state index is 0.0983. The Morgan fingerprint density at radius 1 is 0.833 bits per heavy atom. The standard InChI is InChI=1S/C22H32F5NO2/c1-2-30-20(29)18-12-14-19(15-13-18)28-17-11-9-7-5-3-4-6-8-10-16-21(23,24)22(25,26)27/h12-15,28H,2-11,16-17H2,1H3. The van der Waals surface area contributed by atoms with Gasteiger partial charge in [-0.05, 0) is 44.0 Å². The van der Waals surface area contributed by atoms with E-state index in [2.05, 4.69) is 5.32 Å². The number of unbranched alkanes of at least 4 members (excludes halogenated alkanes) is 8. The molecule has 1 aromatic carbocycles. The highest BCUT2D eigenvalue weighted by molar-refractivity contribution is 5.89. The number of rotatable bonds is 15. The molecule has 3 nitrogen and oxygen atoms in total. The minimum atomic E-state index is -5.44. The highest BCUT2D eigenvalue weighted by atomic mass is 19.4. The van der Waals surface area contributed by atoms with Crippen molar-refractivity contribution >= 4 is 11.7 Å². The van der Waals surface area contributed by atoms with E-state index in [0.717, 1.165) is 50.8 Å². The van der Waals surface area contributed by atoms with Crippen LogP contribution in [0.4, 0.5) is 27.6 Å². The number of hydrogen-bond acceptors (Lipinski definition) is 3. The predicted octanol–water partition coefficient (Wildman–Crippen LogP) is 7.37. The van der Waals surface area contributed by atoms with Crippen LogP contribution in [0.25, 0.3) is 0 Å². The van der Waals surface area contributed by atoms with Gasteiger partial charge in [-0.25, -0.2) is 4.79 Å². The van der Waals surface area contributed by atoms with Crippen molar-refractivity contribution < 1.29 is 31.5 Å². The quantitative estimate of drug-likeness (QED) is 0.177. The summed E-state index contributed by atoms with van der Waals surface area (Å²) in [4.78, 5) is 11.6. The number of esters is 1. The van der Waals surface area contributed by atoms with Crippen molar-refractivity contribution in [3.63, 3.8) is 0 Å². The lowest BCUT2D eigenvalue weighted by Crippen LogP contribution is -2.36. The molecule has 0 saturated heterocycles. The van der Waals surface area contributed by atoms with Crippen molar-refractivity contribution in [1.82, 2.24) is 0 Å². The zero-order chi connectivity index (χ0) is 22.5. The van der Waals surface area contributed by atoms with Crippen molar-refractivity contribution in [3.05, 3.63) is 29.8 Å². The van der Waals surface area contributed by atoms with Gasteiger partial charge in [0.1, 0.15) is 0 Å². The Morgan fingerprint density at radius 3 is 1.83 bits per heavy atom. The Labute approximate surface area is 175 Å². The van der Waals surface area contributed by atoms with Crippen LogP contribution in [0.5, 0.6) is 0 Å². The molecule has 0 amide bonds. The van der Waals surface area contributed by atoms with Crippen LogP contribution >= 0.6 is 0 Å². The van der Waals surface area contributed by atoms with Crippen molar-refractivity contribution in [1.29, 1.82) is 0 Å². The molecule has 0 aliphatic rings. The molecule has 0 saturated carbocycles. The highest BCUT2D eigenvalue weighted by Gasteiger charge is 2.56. The van der Waals surface area contributed by atoms with Gasteiger partial charge in [0.25, 0.3) is 0 Å². The van der Waals surface area contributed by atoms with E-state index < -0.39 is 18.5 Å². The van der Waals surface area contributed by atoms with Gasteiger partial charge < -0.3 is 10.1 Å². The fourth-order valence-corrected chi connectivity index (χ4v) is 3.02. The van der Waals surface area contributed by atoms with Crippen LogP contribution in [0.2, 0.25) is 0 Å². The summed E-state index contributed by atoms with van der Waals surface area (Å²) in [5.41, 5.74) is 1.47. The largest absolute Gasteiger partial charge is 0.462 e. The van der Waals surface area contributed by atoms with Gasteiger partial charge in [-0.3, -0.25) is 0 Å². The van der Waals surface area contributed by atoms with E-state index >= 15 is 0 Å². The normalized spacial score (nSPS) is 12.1. The van der Waals surface area contributed by atoms with E-state index in [9.17, 15) is 26.7 Å². The molecule has 0 bridgehead atoms. The summed E-state index contributed by atoms with van der Waals surface area (Å²) in [6.45, 7) is 2.94. The van der Waals surface area contributed by atoms with Crippen LogP contribution in [0, 0.1) is 0 Å². The Morgan fingerprint density at radius 2 is 1.33 bits per heavy atom. The number of carbonyl (C=O) groups is 1. The fraction of sp³-hybridized carbons (Fsp3) is 0.682. The number of hydrogen-bond donors (Lipinski definition) is 1. The van der Waals surface area contributed by atoms with Crippen molar-refractivity contribution in [2.45, 2.75) is 83.2 Å². The topological polar surface area (TPSA) is 38.3 Å². The molecule has 172 valence electrons. The molecule has 0 fully saturated rings. The summed E-state index contributed by atoms with van der Waals surface area (Å²) in [6.07, 6.45) is 0.450. The molecule has 0 heterocycles. The van der Waals surface area contributed by atoms with E-state index in [1.165, 1.54) is 0 Å². The van der Waals surface area contributed by atoms with Crippen LogP contribution in [0.1, 0.15) is 81.5 Å². The Balaban J connectivity index is 1.97. The fourth-order valence-electron chi connectivity index (χ4n) is 3.02. The summed E-state index contributed by atoms with van der Waals surface area (Å²) in [5.74, 6) is -4.90. The third kappa shape index (κ3) is 10.3. The zero-order valence-electron chi connectivity index (χ0n) is 17.5. The molecular weight excluding hydrogens is 405 g/mol. The van der Waals surface area contributed by atoms with Crippen molar-refractivity contribution in [3.8, 4) is 0 Å². The van der Waals surface area contributed by atoms with Crippen molar-refractivity contribution in [2.24, 2.45) is 0 Å². The van der Waals surface area contributed by atoms with E-state index in [4.69, 9.17) is 4.74 Å². The van der Waals surface area contributed by atoms with Gasteiger partial charge >= 0.3 is 18.1 Å². The molecule has 1 aromatic rings. The average molecular weight is 437 g/mol. The first-order chi connectivity index (χ1) is 14.2. The van der Waals surface area contributed by atoms with E-state index in [1.807, 2.05) is 12.1 Å². The summed E-state index contributed by atoms with van der Waals surface area (Å²) in [6, 6.07) is 7.14. The highest BCUT2D eigenvalue weighted by Crippen LogP contribution is 2.39. The molecule has 1 rings (SSSR count). The summed E-state index contributed by atoms with van der Waals surface area (Å²) >= 11 is 0. The van der Waals surface area contributed by atoms with E-state index in [0.29, 0.717) is 25.0 Å². The van der Waals surface area contributed by atoms with Gasteiger partial charge in [0.2, 0.25) is 0 Å². The molecule has 30 heavy (non-hydrogen) atoms. The molecule has 0 spiro atoms. The maximum Gasteiger partial charge on any atom is 0.453 e. The van der Waals surface area contributed by atoms with E-state index in [-0.39, 0.29) is 12.4 Å². The minimum Gasteiger partial charge on any atom is -0.462 e. The molecule has 0 aromatic heterocycles. The Kier molecular flexibility index (Phi) is 11.7. The summed E-state index contributed by atoms with van der Waals surface area (Å²) in [7, 11) is 0. The third-order valence-corrected chi connectivity index (χ3v) is 4.81. The lowest BCUT2D eigenvalue weighted by atomic mass is 10.0. The molecule has 0 aliphatic heterocycles. The number of alkyl halides is 5. The Bertz CT molecular complexity index is 603. The smallest absolute Gasteiger partial charge is 0.453 e. The number of ether oxygens (including phenoxy) is 1.